The molecule has 3 N–H and O–H groups in total. The molecule has 1 aliphatic rings. The normalized spacial score (nSPS) is 16.6. The molecule has 5 heteroatoms. The van der Waals surface area contributed by atoms with Gasteiger partial charge in [-0.25, -0.2) is 4.39 Å². The fourth-order valence-corrected chi connectivity index (χ4v) is 2.26. The van der Waals surface area contributed by atoms with Crippen molar-refractivity contribution < 1.29 is 13.9 Å². The maximum absolute atomic E-state index is 13.2. The number of rotatable bonds is 5. The van der Waals surface area contributed by atoms with Crippen molar-refractivity contribution in [1.29, 1.82) is 0 Å². The molecule has 0 spiro atoms. The molecule has 0 atom stereocenters. The van der Waals surface area contributed by atoms with Crippen LogP contribution in [0.25, 0.3) is 0 Å². The smallest absolute Gasteiger partial charge is 0.231 e. The molecule has 1 saturated carbocycles. The zero-order valence-electron chi connectivity index (χ0n) is 11.0. The largest absolute Gasteiger partial charge is 0.492 e. The van der Waals surface area contributed by atoms with Crippen molar-refractivity contribution in [2.45, 2.75) is 26.2 Å². The molecular weight excluding hydrogens is 247 g/mol. The number of carbonyl (C=O) groups excluding carboxylic acids is 1. The lowest BCUT2D eigenvalue weighted by molar-refractivity contribution is -0.129. The molecule has 19 heavy (non-hydrogen) atoms. The van der Waals surface area contributed by atoms with Crippen LogP contribution in [0.1, 0.15) is 26.2 Å². The van der Waals surface area contributed by atoms with Gasteiger partial charge in [-0.15, -0.1) is 0 Å². The highest BCUT2D eigenvalue weighted by Gasteiger charge is 2.43. The molecule has 1 aliphatic carbocycles. The number of benzene rings is 1. The number of amides is 1. The van der Waals surface area contributed by atoms with Gasteiger partial charge in [0.2, 0.25) is 5.91 Å². The Labute approximate surface area is 112 Å². The highest BCUT2D eigenvalue weighted by molar-refractivity contribution is 5.97. The molecule has 0 aliphatic heterocycles. The summed E-state index contributed by atoms with van der Waals surface area (Å²) in [6, 6.07) is 4.09. The summed E-state index contributed by atoms with van der Waals surface area (Å²) in [5.74, 6) is -0.144. The van der Waals surface area contributed by atoms with Crippen LogP contribution in [0, 0.1) is 11.2 Å². The minimum absolute atomic E-state index is 0.103. The fourth-order valence-electron chi connectivity index (χ4n) is 2.26. The lowest BCUT2D eigenvalue weighted by atomic mass is 9.68. The van der Waals surface area contributed by atoms with Crippen LogP contribution in [0.2, 0.25) is 0 Å². The van der Waals surface area contributed by atoms with E-state index in [2.05, 4.69) is 5.32 Å². The fraction of sp³-hybridized carbons (Fsp3) is 0.500. The number of hydrogen-bond acceptors (Lipinski definition) is 3. The molecule has 104 valence electrons. The van der Waals surface area contributed by atoms with E-state index in [4.69, 9.17) is 10.5 Å². The molecule has 0 heterocycles. The van der Waals surface area contributed by atoms with Gasteiger partial charge in [-0.05, 0) is 31.9 Å². The van der Waals surface area contributed by atoms with E-state index in [0.29, 0.717) is 24.6 Å². The van der Waals surface area contributed by atoms with Crippen molar-refractivity contribution in [1.82, 2.24) is 0 Å². The van der Waals surface area contributed by atoms with Crippen LogP contribution in [0.3, 0.4) is 0 Å². The summed E-state index contributed by atoms with van der Waals surface area (Å²) < 4.78 is 18.5. The second kappa shape index (κ2) is 5.57. The maximum Gasteiger partial charge on any atom is 0.231 e. The van der Waals surface area contributed by atoms with E-state index >= 15 is 0 Å². The molecule has 1 amide bonds. The Balaban J connectivity index is 2.16. The third kappa shape index (κ3) is 2.71. The Kier molecular flexibility index (Phi) is 4.04. The molecule has 0 unspecified atom stereocenters. The number of hydrogen-bond donors (Lipinski definition) is 2. The summed E-state index contributed by atoms with van der Waals surface area (Å²) in [7, 11) is 0. The van der Waals surface area contributed by atoms with Crippen molar-refractivity contribution in [3.8, 4) is 5.75 Å². The summed E-state index contributed by atoms with van der Waals surface area (Å²) in [4.78, 5) is 12.2. The minimum Gasteiger partial charge on any atom is -0.492 e. The van der Waals surface area contributed by atoms with Crippen LogP contribution >= 0.6 is 0 Å². The third-order valence-electron chi connectivity index (χ3n) is 3.67. The first-order valence-corrected chi connectivity index (χ1v) is 6.55. The summed E-state index contributed by atoms with van der Waals surface area (Å²) in [5, 5.41) is 2.81. The summed E-state index contributed by atoms with van der Waals surface area (Å²) in [5.41, 5.74) is 5.73. The molecule has 1 aromatic carbocycles. The van der Waals surface area contributed by atoms with Crippen molar-refractivity contribution in [2.75, 3.05) is 18.5 Å². The van der Waals surface area contributed by atoms with Gasteiger partial charge in [-0.2, -0.15) is 0 Å². The quantitative estimate of drug-likeness (QED) is 0.859. The molecule has 0 aromatic heterocycles. The predicted molar refractivity (Wildman–Crippen MR) is 71.5 cm³/mol. The zero-order chi connectivity index (χ0) is 13.9. The van der Waals surface area contributed by atoms with Crippen molar-refractivity contribution in [3.63, 3.8) is 0 Å². The Morgan fingerprint density at radius 1 is 1.53 bits per heavy atom. The lowest BCUT2D eigenvalue weighted by Gasteiger charge is -2.39. The molecular formula is C14H19FN2O2. The van der Waals surface area contributed by atoms with Crippen LogP contribution < -0.4 is 15.8 Å². The van der Waals surface area contributed by atoms with E-state index in [1.165, 1.54) is 18.2 Å². The summed E-state index contributed by atoms with van der Waals surface area (Å²) >= 11 is 0. The second-order valence-corrected chi connectivity index (χ2v) is 4.87. The Morgan fingerprint density at radius 3 is 2.79 bits per heavy atom. The van der Waals surface area contributed by atoms with Gasteiger partial charge in [-0.1, -0.05) is 6.42 Å². The van der Waals surface area contributed by atoms with Gasteiger partial charge < -0.3 is 15.8 Å². The standard InChI is InChI=1S/C14H19FN2O2/c1-2-19-12-8-10(15)4-5-11(12)17-13(18)14(9-16)6-3-7-14/h4-5,8H,2-3,6-7,9,16H2,1H3,(H,17,18). The van der Waals surface area contributed by atoms with Gasteiger partial charge >= 0.3 is 0 Å². The van der Waals surface area contributed by atoms with Gasteiger partial charge in [-0.3, -0.25) is 4.79 Å². The average Bonchev–Trinajstić information content (AvgIpc) is 2.32. The molecule has 0 radical (unpaired) electrons. The molecule has 0 bridgehead atoms. The van der Waals surface area contributed by atoms with Gasteiger partial charge in [0.1, 0.15) is 11.6 Å². The van der Waals surface area contributed by atoms with Crippen molar-refractivity contribution >= 4 is 11.6 Å². The maximum atomic E-state index is 13.2. The van der Waals surface area contributed by atoms with E-state index in [1.54, 1.807) is 0 Å². The molecule has 4 nitrogen and oxygen atoms in total. The monoisotopic (exact) mass is 266 g/mol. The van der Waals surface area contributed by atoms with Crippen LogP contribution in [0.4, 0.5) is 10.1 Å². The van der Waals surface area contributed by atoms with Crippen LogP contribution in [-0.2, 0) is 4.79 Å². The van der Waals surface area contributed by atoms with Crippen LogP contribution in [-0.4, -0.2) is 19.1 Å². The molecule has 2 rings (SSSR count). The van der Waals surface area contributed by atoms with Gasteiger partial charge in [0.05, 0.1) is 17.7 Å². The SMILES string of the molecule is CCOc1cc(F)ccc1NC(=O)C1(CN)CCC1. The lowest BCUT2D eigenvalue weighted by Crippen LogP contribution is -2.47. The van der Waals surface area contributed by atoms with E-state index in [1.807, 2.05) is 6.92 Å². The predicted octanol–water partition coefficient (Wildman–Crippen LogP) is 2.29. The number of nitrogens with two attached hydrogens (primary N) is 1. The van der Waals surface area contributed by atoms with Crippen molar-refractivity contribution in [3.05, 3.63) is 24.0 Å². The van der Waals surface area contributed by atoms with E-state index < -0.39 is 11.2 Å². The highest BCUT2D eigenvalue weighted by Crippen LogP contribution is 2.41. The molecule has 1 aromatic rings. The second-order valence-electron chi connectivity index (χ2n) is 4.87. The number of halogens is 1. The molecule has 0 saturated heterocycles. The summed E-state index contributed by atoms with van der Waals surface area (Å²) in [6.07, 6.45) is 2.63. The number of nitrogens with one attached hydrogen (secondary N) is 1. The average molecular weight is 266 g/mol. The Hall–Kier alpha value is -1.62. The first-order chi connectivity index (χ1) is 9.11. The number of ether oxygens (including phenoxy) is 1. The Bertz CT molecular complexity index is 467. The first kappa shape index (κ1) is 13.8. The van der Waals surface area contributed by atoms with E-state index in [-0.39, 0.29) is 5.91 Å². The number of anilines is 1. The van der Waals surface area contributed by atoms with E-state index in [0.717, 1.165) is 19.3 Å². The Morgan fingerprint density at radius 2 is 2.26 bits per heavy atom. The first-order valence-electron chi connectivity index (χ1n) is 6.55. The number of carbonyl (C=O) groups is 1. The van der Waals surface area contributed by atoms with Gasteiger partial charge in [0, 0.05) is 12.6 Å². The molecule has 1 fully saturated rings. The van der Waals surface area contributed by atoms with Crippen LogP contribution in [0.15, 0.2) is 18.2 Å². The zero-order valence-corrected chi connectivity index (χ0v) is 11.0. The van der Waals surface area contributed by atoms with E-state index in [9.17, 15) is 9.18 Å². The highest BCUT2D eigenvalue weighted by atomic mass is 19.1. The minimum atomic E-state index is -0.460. The van der Waals surface area contributed by atoms with Gasteiger partial charge in [0.25, 0.3) is 0 Å². The topological polar surface area (TPSA) is 64.3 Å². The van der Waals surface area contributed by atoms with Gasteiger partial charge in [0.15, 0.2) is 0 Å². The third-order valence-corrected chi connectivity index (χ3v) is 3.67. The van der Waals surface area contributed by atoms with Crippen molar-refractivity contribution in [2.24, 2.45) is 11.1 Å². The summed E-state index contributed by atoms with van der Waals surface area (Å²) in [6.45, 7) is 2.56. The van der Waals surface area contributed by atoms with Crippen LogP contribution in [0.5, 0.6) is 5.75 Å².